The van der Waals surface area contributed by atoms with Gasteiger partial charge in [-0.1, -0.05) is 44.2 Å². The Kier molecular flexibility index (Phi) is 6.09. The van der Waals surface area contributed by atoms with Crippen LogP contribution in [0.4, 0.5) is 0 Å². The first-order valence-electron chi connectivity index (χ1n) is 9.59. The van der Waals surface area contributed by atoms with Crippen molar-refractivity contribution < 1.29 is 14.3 Å². The van der Waals surface area contributed by atoms with E-state index in [1.807, 2.05) is 56.4 Å². The molecule has 0 radical (unpaired) electrons. The van der Waals surface area contributed by atoms with Crippen LogP contribution in [-0.4, -0.2) is 54.0 Å². The Bertz CT molecular complexity index is 838. The Hall–Kier alpha value is -2.73. The fourth-order valence-corrected chi connectivity index (χ4v) is 3.61. The molecular weight excluding hydrogens is 354 g/mol. The first-order chi connectivity index (χ1) is 13.4. The van der Waals surface area contributed by atoms with Crippen molar-refractivity contribution >= 4 is 11.8 Å². The van der Waals surface area contributed by atoms with E-state index in [0.717, 1.165) is 16.7 Å². The SMILES string of the molecule is CNC(=O)[C@@]1(Cc2cccc(-c3cccnc3)c2)CN(C(=O)C(C)C)CCO1. The lowest BCUT2D eigenvalue weighted by Crippen LogP contribution is -2.62. The van der Waals surface area contributed by atoms with Gasteiger partial charge in [-0.25, -0.2) is 0 Å². The zero-order chi connectivity index (χ0) is 20.1. The van der Waals surface area contributed by atoms with Crippen LogP contribution < -0.4 is 5.32 Å². The minimum Gasteiger partial charge on any atom is -0.361 e. The molecule has 2 aromatic rings. The Balaban J connectivity index is 1.89. The average Bonchev–Trinajstić information content (AvgIpc) is 2.73. The third-order valence-corrected chi connectivity index (χ3v) is 5.04. The van der Waals surface area contributed by atoms with Crippen molar-refractivity contribution in [3.63, 3.8) is 0 Å². The van der Waals surface area contributed by atoms with Crippen molar-refractivity contribution in [1.82, 2.24) is 15.2 Å². The van der Waals surface area contributed by atoms with Crippen molar-refractivity contribution in [1.29, 1.82) is 0 Å². The van der Waals surface area contributed by atoms with Crippen molar-refractivity contribution in [2.75, 3.05) is 26.7 Å². The van der Waals surface area contributed by atoms with Gasteiger partial charge >= 0.3 is 0 Å². The maximum atomic E-state index is 12.8. The lowest BCUT2D eigenvalue weighted by Gasteiger charge is -2.42. The number of amides is 2. The molecule has 1 aliphatic rings. The predicted molar refractivity (Wildman–Crippen MR) is 108 cm³/mol. The minimum atomic E-state index is -1.09. The van der Waals surface area contributed by atoms with Crippen LogP contribution in [0.15, 0.2) is 48.8 Å². The summed E-state index contributed by atoms with van der Waals surface area (Å²) < 4.78 is 6.01. The zero-order valence-electron chi connectivity index (χ0n) is 16.6. The van der Waals surface area contributed by atoms with Crippen LogP contribution in [0.1, 0.15) is 19.4 Å². The number of aromatic nitrogens is 1. The van der Waals surface area contributed by atoms with Crippen LogP contribution in [0, 0.1) is 5.92 Å². The lowest BCUT2D eigenvalue weighted by atomic mass is 9.89. The molecule has 3 rings (SSSR count). The fourth-order valence-electron chi connectivity index (χ4n) is 3.61. The number of rotatable bonds is 5. The van der Waals surface area contributed by atoms with E-state index in [9.17, 15) is 9.59 Å². The first-order valence-corrected chi connectivity index (χ1v) is 9.59. The number of hydrogen-bond donors (Lipinski definition) is 1. The molecule has 6 heteroatoms. The van der Waals surface area contributed by atoms with Crippen LogP contribution in [0.5, 0.6) is 0 Å². The third kappa shape index (κ3) is 4.22. The van der Waals surface area contributed by atoms with E-state index in [0.29, 0.717) is 19.6 Å². The summed E-state index contributed by atoms with van der Waals surface area (Å²) >= 11 is 0. The summed E-state index contributed by atoms with van der Waals surface area (Å²) in [4.78, 5) is 31.2. The lowest BCUT2D eigenvalue weighted by molar-refractivity contribution is -0.167. The molecule has 0 spiro atoms. The quantitative estimate of drug-likeness (QED) is 0.863. The molecule has 0 aliphatic carbocycles. The van der Waals surface area contributed by atoms with Gasteiger partial charge in [0.2, 0.25) is 5.91 Å². The molecule has 28 heavy (non-hydrogen) atoms. The van der Waals surface area contributed by atoms with Crippen molar-refractivity contribution in [3.8, 4) is 11.1 Å². The van der Waals surface area contributed by atoms with Crippen molar-refractivity contribution in [3.05, 3.63) is 54.4 Å². The Morgan fingerprint density at radius 3 is 2.71 bits per heavy atom. The van der Waals surface area contributed by atoms with Gasteiger partial charge in [0, 0.05) is 38.3 Å². The highest BCUT2D eigenvalue weighted by molar-refractivity contribution is 5.87. The van der Waals surface area contributed by atoms with Gasteiger partial charge in [0.25, 0.3) is 5.91 Å². The number of nitrogens with zero attached hydrogens (tertiary/aromatic N) is 2. The largest absolute Gasteiger partial charge is 0.361 e. The highest BCUT2D eigenvalue weighted by atomic mass is 16.5. The highest BCUT2D eigenvalue weighted by Crippen LogP contribution is 2.27. The number of nitrogens with one attached hydrogen (secondary N) is 1. The van der Waals surface area contributed by atoms with E-state index in [1.54, 1.807) is 18.1 Å². The Morgan fingerprint density at radius 1 is 1.25 bits per heavy atom. The molecule has 6 nitrogen and oxygen atoms in total. The maximum absolute atomic E-state index is 12.8. The van der Waals surface area contributed by atoms with Gasteiger partial charge in [-0.15, -0.1) is 0 Å². The summed E-state index contributed by atoms with van der Waals surface area (Å²) in [6, 6.07) is 11.9. The molecule has 1 saturated heterocycles. The number of carbonyl (C=O) groups excluding carboxylic acids is 2. The standard InChI is InChI=1S/C22H27N3O3/c1-16(2)20(26)25-10-11-28-22(15-25,21(27)23-3)13-17-6-4-7-18(12-17)19-8-5-9-24-14-19/h4-9,12,14,16H,10-11,13,15H2,1-3H3,(H,23,27)/t22-/m1/s1. The van der Waals surface area contributed by atoms with Crippen molar-refractivity contribution in [2.24, 2.45) is 5.92 Å². The van der Waals surface area contributed by atoms with Crippen LogP contribution in [0.25, 0.3) is 11.1 Å². The van der Waals surface area contributed by atoms with E-state index in [1.165, 1.54) is 0 Å². The molecular formula is C22H27N3O3. The van der Waals surface area contributed by atoms with Crippen LogP contribution in [0.2, 0.25) is 0 Å². The number of pyridine rings is 1. The summed E-state index contributed by atoms with van der Waals surface area (Å²) in [5.74, 6) is -0.282. The topological polar surface area (TPSA) is 71.5 Å². The summed E-state index contributed by atoms with van der Waals surface area (Å²) in [6.45, 7) is 4.84. The Morgan fingerprint density at radius 2 is 2.04 bits per heavy atom. The molecule has 1 atom stereocenters. The van der Waals surface area contributed by atoms with E-state index in [-0.39, 0.29) is 24.3 Å². The van der Waals surface area contributed by atoms with E-state index in [2.05, 4.69) is 10.3 Å². The first kappa shape index (κ1) is 20.0. The molecule has 0 bridgehead atoms. The van der Waals surface area contributed by atoms with Gasteiger partial charge in [-0.2, -0.15) is 0 Å². The average molecular weight is 381 g/mol. The van der Waals surface area contributed by atoms with Crippen molar-refractivity contribution in [2.45, 2.75) is 25.9 Å². The third-order valence-electron chi connectivity index (χ3n) is 5.04. The summed E-state index contributed by atoms with van der Waals surface area (Å²) in [5.41, 5.74) is 1.93. The van der Waals surface area contributed by atoms with Gasteiger partial charge in [-0.3, -0.25) is 14.6 Å². The van der Waals surface area contributed by atoms with Gasteiger partial charge in [0.15, 0.2) is 5.60 Å². The number of carbonyl (C=O) groups is 2. The minimum absolute atomic E-state index is 0.0423. The second-order valence-electron chi connectivity index (χ2n) is 7.46. The number of likely N-dealkylation sites (N-methyl/N-ethyl adjacent to an activating group) is 1. The van der Waals surface area contributed by atoms with E-state index < -0.39 is 5.60 Å². The smallest absolute Gasteiger partial charge is 0.254 e. The Labute approximate surface area is 165 Å². The molecule has 2 amide bonds. The second-order valence-corrected chi connectivity index (χ2v) is 7.46. The van der Waals surface area contributed by atoms with Crippen LogP contribution in [0.3, 0.4) is 0 Å². The second kappa shape index (κ2) is 8.52. The molecule has 148 valence electrons. The molecule has 1 aliphatic heterocycles. The monoisotopic (exact) mass is 381 g/mol. The maximum Gasteiger partial charge on any atom is 0.254 e. The fraction of sp³-hybridized carbons (Fsp3) is 0.409. The van der Waals surface area contributed by atoms with Crippen LogP contribution in [-0.2, 0) is 20.7 Å². The molecule has 1 fully saturated rings. The molecule has 1 N–H and O–H groups in total. The normalized spacial score (nSPS) is 19.5. The predicted octanol–water partition coefficient (Wildman–Crippen LogP) is 2.29. The summed E-state index contributed by atoms with van der Waals surface area (Å²) in [6.07, 6.45) is 3.94. The van der Waals surface area contributed by atoms with Crippen LogP contribution >= 0.6 is 0 Å². The molecule has 1 aromatic heterocycles. The summed E-state index contributed by atoms with van der Waals surface area (Å²) in [7, 11) is 1.60. The number of benzene rings is 1. The van der Waals surface area contributed by atoms with Gasteiger partial charge in [0.1, 0.15) is 0 Å². The molecule has 1 aromatic carbocycles. The van der Waals surface area contributed by atoms with E-state index >= 15 is 0 Å². The number of hydrogen-bond acceptors (Lipinski definition) is 4. The highest BCUT2D eigenvalue weighted by Gasteiger charge is 2.44. The molecule has 0 saturated carbocycles. The van der Waals surface area contributed by atoms with Gasteiger partial charge in [-0.05, 0) is 22.8 Å². The number of ether oxygens (including phenoxy) is 1. The van der Waals surface area contributed by atoms with E-state index in [4.69, 9.17) is 4.74 Å². The molecule has 2 heterocycles. The van der Waals surface area contributed by atoms with Gasteiger partial charge < -0.3 is 15.0 Å². The summed E-state index contributed by atoms with van der Waals surface area (Å²) in [5, 5.41) is 2.72. The number of morpholine rings is 1. The van der Waals surface area contributed by atoms with Gasteiger partial charge in [0.05, 0.1) is 13.2 Å². The zero-order valence-corrected chi connectivity index (χ0v) is 16.6. The molecule has 0 unspecified atom stereocenters.